The molecular formula is C16H24N2O2. The van der Waals surface area contributed by atoms with E-state index in [0.29, 0.717) is 17.4 Å². The van der Waals surface area contributed by atoms with Gasteiger partial charge in [-0.15, -0.1) is 0 Å². The topological polar surface area (TPSA) is 32.8 Å². The van der Waals surface area contributed by atoms with Gasteiger partial charge in [-0.2, -0.15) is 0 Å². The van der Waals surface area contributed by atoms with Gasteiger partial charge in [-0.05, 0) is 46.0 Å². The number of anilines is 1. The van der Waals surface area contributed by atoms with Crippen molar-refractivity contribution in [2.24, 2.45) is 0 Å². The average Bonchev–Trinajstić information content (AvgIpc) is 2.46. The molecule has 4 heteroatoms. The van der Waals surface area contributed by atoms with Gasteiger partial charge in [0, 0.05) is 19.1 Å². The van der Waals surface area contributed by atoms with Crippen LogP contribution in [0.4, 0.5) is 5.69 Å². The molecule has 1 aromatic rings. The Morgan fingerprint density at radius 3 is 2.75 bits per heavy atom. The number of hydrogen-bond donors (Lipinski definition) is 0. The Bertz CT molecular complexity index is 485. The molecule has 4 nitrogen and oxygen atoms in total. The molecule has 1 unspecified atom stereocenters. The van der Waals surface area contributed by atoms with Crippen molar-refractivity contribution in [1.29, 1.82) is 0 Å². The first kappa shape index (κ1) is 14.9. The van der Waals surface area contributed by atoms with Gasteiger partial charge in [0.05, 0.1) is 18.4 Å². The number of piperidine rings is 1. The molecule has 0 saturated carbocycles. The molecule has 1 fully saturated rings. The van der Waals surface area contributed by atoms with Gasteiger partial charge >= 0.3 is 0 Å². The fourth-order valence-electron chi connectivity index (χ4n) is 2.90. The Kier molecular flexibility index (Phi) is 4.65. The van der Waals surface area contributed by atoms with Crippen molar-refractivity contribution in [3.63, 3.8) is 0 Å². The quantitative estimate of drug-likeness (QED) is 0.791. The monoisotopic (exact) mass is 276 g/mol. The molecule has 0 aromatic heterocycles. The van der Waals surface area contributed by atoms with Crippen molar-refractivity contribution in [2.45, 2.75) is 25.8 Å². The van der Waals surface area contributed by atoms with Crippen molar-refractivity contribution in [3.8, 4) is 5.75 Å². The summed E-state index contributed by atoms with van der Waals surface area (Å²) in [6, 6.07) is 6.37. The van der Waals surface area contributed by atoms with Gasteiger partial charge in [0.25, 0.3) is 0 Å². The highest BCUT2D eigenvalue weighted by Gasteiger charge is 2.25. The Hall–Kier alpha value is -1.55. The molecule has 1 aromatic carbocycles. The largest absolute Gasteiger partial charge is 0.496 e. The fourth-order valence-corrected chi connectivity index (χ4v) is 2.90. The number of ketones is 1. The van der Waals surface area contributed by atoms with E-state index in [9.17, 15) is 4.79 Å². The first-order chi connectivity index (χ1) is 9.54. The molecule has 110 valence electrons. The van der Waals surface area contributed by atoms with Crippen molar-refractivity contribution in [1.82, 2.24) is 4.90 Å². The number of hydrogen-bond acceptors (Lipinski definition) is 4. The van der Waals surface area contributed by atoms with E-state index in [-0.39, 0.29) is 5.78 Å². The standard InChI is InChI=1S/C16H24N2O2/c1-12(19)16-14(8-5-9-15(16)20-4)18-10-6-7-13(11-18)17(2)3/h5,8-9,13H,6-7,10-11H2,1-4H3. The van der Waals surface area contributed by atoms with Crippen molar-refractivity contribution in [2.75, 3.05) is 39.2 Å². The van der Waals surface area contributed by atoms with E-state index in [1.54, 1.807) is 14.0 Å². The number of nitrogens with zero attached hydrogens (tertiary/aromatic N) is 2. The van der Waals surface area contributed by atoms with Crippen LogP contribution in [0.1, 0.15) is 30.1 Å². The summed E-state index contributed by atoms with van der Waals surface area (Å²) in [6.45, 7) is 3.56. The van der Waals surface area contributed by atoms with Gasteiger partial charge in [-0.1, -0.05) is 6.07 Å². The van der Waals surface area contributed by atoms with Crippen LogP contribution in [0.25, 0.3) is 0 Å². The number of carbonyl (C=O) groups is 1. The van der Waals surface area contributed by atoms with Gasteiger partial charge in [-0.25, -0.2) is 0 Å². The third-order valence-corrected chi connectivity index (χ3v) is 4.04. The van der Waals surface area contributed by atoms with E-state index in [2.05, 4.69) is 23.9 Å². The van der Waals surface area contributed by atoms with Crippen molar-refractivity contribution >= 4 is 11.5 Å². The van der Waals surface area contributed by atoms with E-state index in [4.69, 9.17) is 4.74 Å². The maximum atomic E-state index is 12.0. The minimum absolute atomic E-state index is 0.0597. The summed E-state index contributed by atoms with van der Waals surface area (Å²) in [4.78, 5) is 16.6. The molecule has 0 aliphatic carbocycles. The predicted octanol–water partition coefficient (Wildman–Crippen LogP) is 2.43. The van der Waals surface area contributed by atoms with Crippen LogP contribution in [-0.4, -0.2) is 51.0 Å². The van der Waals surface area contributed by atoms with Crippen LogP contribution in [0.3, 0.4) is 0 Å². The molecule has 0 spiro atoms. The van der Waals surface area contributed by atoms with Gasteiger partial charge in [0.1, 0.15) is 5.75 Å². The lowest BCUT2D eigenvalue weighted by atomic mass is 10.0. The maximum absolute atomic E-state index is 12.0. The lowest BCUT2D eigenvalue weighted by Gasteiger charge is -2.38. The van der Waals surface area contributed by atoms with E-state index < -0.39 is 0 Å². The molecule has 0 radical (unpaired) electrons. The van der Waals surface area contributed by atoms with Crippen molar-refractivity contribution < 1.29 is 9.53 Å². The predicted molar refractivity (Wildman–Crippen MR) is 81.9 cm³/mol. The second kappa shape index (κ2) is 6.27. The summed E-state index contributed by atoms with van der Waals surface area (Å²) in [7, 11) is 5.85. The number of methoxy groups -OCH3 is 1. The van der Waals surface area contributed by atoms with E-state index in [1.807, 2.05) is 18.2 Å². The highest BCUT2D eigenvalue weighted by Crippen LogP contribution is 2.32. The van der Waals surface area contributed by atoms with Crippen LogP contribution >= 0.6 is 0 Å². The molecule has 1 atom stereocenters. The molecule has 1 saturated heterocycles. The van der Waals surface area contributed by atoms with Crippen LogP contribution in [0.5, 0.6) is 5.75 Å². The molecule has 0 bridgehead atoms. The molecule has 0 N–H and O–H groups in total. The number of carbonyl (C=O) groups excluding carboxylic acids is 1. The number of rotatable bonds is 4. The zero-order valence-corrected chi connectivity index (χ0v) is 12.8. The first-order valence-electron chi connectivity index (χ1n) is 7.14. The molecule has 1 aliphatic rings. The zero-order chi connectivity index (χ0) is 14.7. The second-order valence-corrected chi connectivity index (χ2v) is 5.62. The maximum Gasteiger partial charge on any atom is 0.165 e. The normalized spacial score (nSPS) is 19.2. The fraction of sp³-hybridized carbons (Fsp3) is 0.562. The van der Waals surface area contributed by atoms with E-state index in [0.717, 1.165) is 25.2 Å². The Morgan fingerprint density at radius 2 is 2.15 bits per heavy atom. The van der Waals surface area contributed by atoms with Crippen LogP contribution in [0.2, 0.25) is 0 Å². The SMILES string of the molecule is COc1cccc(N2CCCC(N(C)C)C2)c1C(C)=O. The number of ether oxygens (including phenoxy) is 1. The first-order valence-corrected chi connectivity index (χ1v) is 7.14. The van der Waals surface area contributed by atoms with Crippen molar-refractivity contribution in [3.05, 3.63) is 23.8 Å². The zero-order valence-electron chi connectivity index (χ0n) is 12.8. The summed E-state index contributed by atoms with van der Waals surface area (Å²) in [5, 5.41) is 0. The summed E-state index contributed by atoms with van der Waals surface area (Å²) >= 11 is 0. The summed E-state index contributed by atoms with van der Waals surface area (Å²) < 4.78 is 5.35. The van der Waals surface area contributed by atoms with Gasteiger partial charge in [0.2, 0.25) is 0 Å². The van der Waals surface area contributed by atoms with Gasteiger partial charge in [-0.3, -0.25) is 4.79 Å². The summed E-state index contributed by atoms with van der Waals surface area (Å²) in [5.41, 5.74) is 1.71. The van der Waals surface area contributed by atoms with Gasteiger partial charge < -0.3 is 14.5 Å². The summed E-state index contributed by atoms with van der Waals surface area (Å²) in [5.74, 6) is 0.728. The lowest BCUT2D eigenvalue weighted by molar-refractivity contribution is 0.101. The van der Waals surface area contributed by atoms with E-state index >= 15 is 0 Å². The molecule has 20 heavy (non-hydrogen) atoms. The smallest absolute Gasteiger partial charge is 0.165 e. The Balaban J connectivity index is 2.34. The van der Waals surface area contributed by atoms with Gasteiger partial charge in [0.15, 0.2) is 5.78 Å². The van der Waals surface area contributed by atoms with Crippen LogP contribution in [-0.2, 0) is 0 Å². The number of likely N-dealkylation sites (N-methyl/N-ethyl adjacent to an activating group) is 1. The van der Waals surface area contributed by atoms with Crippen LogP contribution < -0.4 is 9.64 Å². The highest BCUT2D eigenvalue weighted by molar-refractivity contribution is 6.02. The second-order valence-electron chi connectivity index (χ2n) is 5.62. The van der Waals surface area contributed by atoms with Crippen LogP contribution in [0, 0.1) is 0 Å². The van der Waals surface area contributed by atoms with Crippen LogP contribution in [0.15, 0.2) is 18.2 Å². The molecule has 1 aliphatic heterocycles. The lowest BCUT2D eigenvalue weighted by Crippen LogP contribution is -2.45. The minimum Gasteiger partial charge on any atom is -0.496 e. The third-order valence-electron chi connectivity index (χ3n) is 4.04. The highest BCUT2D eigenvalue weighted by atomic mass is 16.5. The third kappa shape index (κ3) is 2.96. The van der Waals surface area contributed by atoms with E-state index in [1.165, 1.54) is 6.42 Å². The molecule has 0 amide bonds. The number of benzene rings is 1. The average molecular weight is 276 g/mol. The molecule has 1 heterocycles. The summed E-state index contributed by atoms with van der Waals surface area (Å²) in [6.07, 6.45) is 2.36. The molecular weight excluding hydrogens is 252 g/mol. The number of Topliss-reactive ketones (excluding diaryl/α,β-unsaturated/α-hetero) is 1. The Labute approximate surface area is 121 Å². The minimum atomic E-state index is 0.0597. The Morgan fingerprint density at radius 1 is 1.40 bits per heavy atom. The molecule has 2 rings (SSSR count).